The van der Waals surface area contributed by atoms with Crippen LogP contribution >= 0.6 is 0 Å². The lowest BCUT2D eigenvalue weighted by Crippen LogP contribution is -2.43. The fraction of sp³-hybridized carbons (Fsp3) is 0.529. The third-order valence-corrected chi connectivity index (χ3v) is 4.12. The molecule has 2 atom stereocenters. The van der Waals surface area contributed by atoms with Crippen molar-refractivity contribution in [1.82, 2.24) is 4.90 Å². The van der Waals surface area contributed by atoms with Gasteiger partial charge in [0.05, 0.1) is 6.61 Å². The minimum absolute atomic E-state index is 0.0491. The van der Waals surface area contributed by atoms with Gasteiger partial charge in [0.2, 0.25) is 5.91 Å². The van der Waals surface area contributed by atoms with Crippen molar-refractivity contribution in [3.63, 3.8) is 0 Å². The van der Waals surface area contributed by atoms with E-state index < -0.39 is 6.04 Å². The van der Waals surface area contributed by atoms with Crippen molar-refractivity contribution < 1.29 is 18.7 Å². The molecule has 0 bridgehead atoms. The van der Waals surface area contributed by atoms with Crippen LogP contribution in [-0.4, -0.2) is 29.4 Å². The number of carbonyl (C=O) groups is 2. The summed E-state index contributed by atoms with van der Waals surface area (Å²) >= 11 is 0. The van der Waals surface area contributed by atoms with E-state index in [2.05, 4.69) is 0 Å². The lowest BCUT2D eigenvalue weighted by molar-refractivity contribution is -0.153. The van der Waals surface area contributed by atoms with Crippen molar-refractivity contribution in [3.8, 4) is 0 Å². The molecular formula is C17H22FNO3. The number of likely N-dealkylation sites (tertiary alicyclic amines) is 1. The molecule has 0 saturated carbocycles. The third kappa shape index (κ3) is 3.46. The van der Waals surface area contributed by atoms with Gasteiger partial charge in [-0.3, -0.25) is 4.79 Å². The van der Waals surface area contributed by atoms with Crippen molar-refractivity contribution >= 4 is 11.9 Å². The SMILES string of the molecule is CCOC(=O)[C@H]1[C@@H](C(C)C)CC(=O)N1Cc1ccc(F)cc1. The average molecular weight is 307 g/mol. The maximum atomic E-state index is 13.0. The molecule has 1 aromatic carbocycles. The Balaban J connectivity index is 2.23. The molecule has 22 heavy (non-hydrogen) atoms. The highest BCUT2D eigenvalue weighted by molar-refractivity contribution is 5.89. The zero-order valence-electron chi connectivity index (χ0n) is 13.2. The highest BCUT2D eigenvalue weighted by Crippen LogP contribution is 2.33. The first kappa shape index (κ1) is 16.5. The Kier molecular flexibility index (Phi) is 5.16. The van der Waals surface area contributed by atoms with Gasteiger partial charge in [0, 0.05) is 18.9 Å². The van der Waals surface area contributed by atoms with E-state index in [1.165, 1.54) is 12.1 Å². The zero-order chi connectivity index (χ0) is 16.3. The van der Waals surface area contributed by atoms with Gasteiger partial charge in [-0.15, -0.1) is 0 Å². The van der Waals surface area contributed by atoms with Crippen LogP contribution in [0.2, 0.25) is 0 Å². The van der Waals surface area contributed by atoms with Crippen molar-refractivity contribution in [2.75, 3.05) is 6.61 Å². The predicted molar refractivity (Wildman–Crippen MR) is 80.3 cm³/mol. The lowest BCUT2D eigenvalue weighted by atomic mass is 9.88. The summed E-state index contributed by atoms with van der Waals surface area (Å²) in [5, 5.41) is 0. The van der Waals surface area contributed by atoms with Gasteiger partial charge < -0.3 is 9.64 Å². The zero-order valence-corrected chi connectivity index (χ0v) is 13.2. The molecule has 1 heterocycles. The highest BCUT2D eigenvalue weighted by atomic mass is 19.1. The van der Waals surface area contributed by atoms with E-state index >= 15 is 0 Å². The van der Waals surface area contributed by atoms with Gasteiger partial charge in [0.25, 0.3) is 0 Å². The van der Waals surface area contributed by atoms with Gasteiger partial charge in [0.1, 0.15) is 11.9 Å². The highest BCUT2D eigenvalue weighted by Gasteiger charge is 2.46. The first-order valence-corrected chi connectivity index (χ1v) is 7.64. The van der Waals surface area contributed by atoms with Gasteiger partial charge in [-0.05, 0) is 30.5 Å². The molecule has 1 saturated heterocycles. The van der Waals surface area contributed by atoms with Gasteiger partial charge in [-0.25, -0.2) is 9.18 Å². The normalized spacial score (nSPS) is 21.5. The summed E-state index contributed by atoms with van der Waals surface area (Å²) in [5.74, 6) is -0.572. The standard InChI is InChI=1S/C17H22FNO3/c1-4-22-17(21)16-14(11(2)3)9-15(20)19(16)10-12-5-7-13(18)8-6-12/h5-8,11,14,16H,4,9-10H2,1-3H3/t14-,16-/m1/s1. The molecule has 0 radical (unpaired) electrons. The molecule has 0 aromatic heterocycles. The van der Waals surface area contributed by atoms with E-state index in [1.54, 1.807) is 24.0 Å². The Morgan fingerprint density at radius 1 is 1.36 bits per heavy atom. The van der Waals surface area contributed by atoms with E-state index in [0.29, 0.717) is 19.6 Å². The van der Waals surface area contributed by atoms with E-state index in [1.807, 2.05) is 13.8 Å². The molecule has 2 rings (SSSR count). The Hall–Kier alpha value is -1.91. The number of halogens is 1. The summed E-state index contributed by atoms with van der Waals surface area (Å²) in [6.45, 7) is 6.35. The minimum atomic E-state index is -0.558. The number of nitrogens with zero attached hydrogens (tertiary/aromatic N) is 1. The van der Waals surface area contributed by atoms with Crippen LogP contribution in [0.3, 0.4) is 0 Å². The Labute approximate surface area is 130 Å². The molecule has 5 heteroatoms. The number of rotatable bonds is 5. The molecule has 4 nitrogen and oxygen atoms in total. The van der Waals surface area contributed by atoms with Crippen LogP contribution in [0.15, 0.2) is 24.3 Å². The number of benzene rings is 1. The third-order valence-electron chi connectivity index (χ3n) is 4.12. The van der Waals surface area contributed by atoms with Crippen LogP contribution < -0.4 is 0 Å². The fourth-order valence-corrected chi connectivity index (χ4v) is 2.92. The van der Waals surface area contributed by atoms with E-state index in [4.69, 9.17) is 4.74 Å². The van der Waals surface area contributed by atoms with Gasteiger partial charge >= 0.3 is 5.97 Å². The number of carbonyl (C=O) groups excluding carboxylic acids is 2. The second-order valence-corrected chi connectivity index (χ2v) is 5.96. The Bertz CT molecular complexity index is 541. The molecule has 1 fully saturated rings. The molecular weight excluding hydrogens is 285 g/mol. The second kappa shape index (κ2) is 6.90. The molecule has 1 amide bonds. The summed E-state index contributed by atoms with van der Waals surface area (Å²) in [4.78, 5) is 26.2. The molecule has 1 aromatic rings. The molecule has 0 N–H and O–H groups in total. The maximum Gasteiger partial charge on any atom is 0.329 e. The molecule has 1 aliphatic heterocycles. The molecule has 120 valence electrons. The van der Waals surface area contributed by atoms with Crippen LogP contribution in [0, 0.1) is 17.7 Å². The predicted octanol–water partition coefficient (Wildman–Crippen LogP) is 2.76. The first-order chi connectivity index (χ1) is 10.4. The quantitative estimate of drug-likeness (QED) is 0.786. The van der Waals surface area contributed by atoms with Crippen LogP contribution in [0.1, 0.15) is 32.8 Å². The Morgan fingerprint density at radius 2 is 2.00 bits per heavy atom. The molecule has 0 unspecified atom stereocenters. The maximum absolute atomic E-state index is 13.0. The van der Waals surface area contributed by atoms with Gasteiger partial charge in [-0.2, -0.15) is 0 Å². The topological polar surface area (TPSA) is 46.6 Å². The van der Waals surface area contributed by atoms with Crippen LogP contribution in [0.4, 0.5) is 4.39 Å². The Morgan fingerprint density at radius 3 is 2.55 bits per heavy atom. The number of esters is 1. The van der Waals surface area contributed by atoms with E-state index in [0.717, 1.165) is 5.56 Å². The van der Waals surface area contributed by atoms with Crippen LogP contribution in [-0.2, 0) is 20.9 Å². The van der Waals surface area contributed by atoms with E-state index in [-0.39, 0.29) is 29.5 Å². The van der Waals surface area contributed by atoms with Crippen LogP contribution in [0.25, 0.3) is 0 Å². The lowest BCUT2D eigenvalue weighted by Gasteiger charge is -2.28. The summed E-state index contributed by atoms with van der Waals surface area (Å²) < 4.78 is 18.1. The number of amides is 1. The summed E-state index contributed by atoms with van der Waals surface area (Å²) in [6, 6.07) is 5.42. The van der Waals surface area contributed by atoms with E-state index in [9.17, 15) is 14.0 Å². The molecule has 0 spiro atoms. The largest absolute Gasteiger partial charge is 0.464 e. The van der Waals surface area contributed by atoms with Crippen molar-refractivity contribution in [3.05, 3.63) is 35.6 Å². The second-order valence-electron chi connectivity index (χ2n) is 5.96. The van der Waals surface area contributed by atoms with Crippen molar-refractivity contribution in [2.45, 2.75) is 39.8 Å². The smallest absolute Gasteiger partial charge is 0.329 e. The number of hydrogen-bond donors (Lipinski definition) is 0. The summed E-state index contributed by atoms with van der Waals surface area (Å²) in [5.41, 5.74) is 0.799. The summed E-state index contributed by atoms with van der Waals surface area (Å²) in [6.07, 6.45) is 0.350. The average Bonchev–Trinajstić information content (AvgIpc) is 2.79. The van der Waals surface area contributed by atoms with Crippen molar-refractivity contribution in [2.24, 2.45) is 11.8 Å². The summed E-state index contributed by atoms with van der Waals surface area (Å²) in [7, 11) is 0. The number of hydrogen-bond acceptors (Lipinski definition) is 3. The monoisotopic (exact) mass is 307 g/mol. The van der Waals surface area contributed by atoms with Gasteiger partial charge in [-0.1, -0.05) is 26.0 Å². The number of ether oxygens (including phenoxy) is 1. The molecule has 1 aliphatic rings. The first-order valence-electron chi connectivity index (χ1n) is 7.64. The fourth-order valence-electron chi connectivity index (χ4n) is 2.92. The van der Waals surface area contributed by atoms with Gasteiger partial charge in [0.15, 0.2) is 0 Å². The van der Waals surface area contributed by atoms with Crippen molar-refractivity contribution in [1.29, 1.82) is 0 Å². The van der Waals surface area contributed by atoms with Crippen LogP contribution in [0.5, 0.6) is 0 Å². The molecule has 0 aliphatic carbocycles. The minimum Gasteiger partial charge on any atom is -0.464 e.